The van der Waals surface area contributed by atoms with E-state index in [2.05, 4.69) is 9.97 Å². The van der Waals surface area contributed by atoms with E-state index < -0.39 is 18.2 Å². The molecule has 2 rings (SSSR count). The van der Waals surface area contributed by atoms with E-state index in [4.69, 9.17) is 15.3 Å². The Hall–Kier alpha value is -2.31. The fraction of sp³-hybridized carbons (Fsp3) is 0.214. The summed E-state index contributed by atoms with van der Waals surface area (Å²) < 4.78 is 0. The Morgan fingerprint density at radius 2 is 1.70 bits per heavy atom. The van der Waals surface area contributed by atoms with E-state index in [0.717, 1.165) is 5.56 Å². The van der Waals surface area contributed by atoms with Crippen molar-refractivity contribution in [2.45, 2.75) is 12.7 Å². The number of rotatable bonds is 5. The molecule has 0 amide bonds. The molecule has 0 spiro atoms. The van der Waals surface area contributed by atoms with Crippen LogP contribution in [-0.2, 0) is 11.2 Å². The number of carboxylic acid groups (broad SMARTS) is 1. The Bertz CT molecular complexity index is 569. The van der Waals surface area contributed by atoms with E-state index in [1.54, 1.807) is 42.7 Å². The van der Waals surface area contributed by atoms with Gasteiger partial charge in [0.05, 0.1) is 0 Å². The third kappa shape index (κ3) is 3.37. The highest BCUT2D eigenvalue weighted by Crippen LogP contribution is 2.17. The largest absolute Gasteiger partial charge is 0.481 e. The van der Waals surface area contributed by atoms with Crippen molar-refractivity contribution in [2.24, 2.45) is 5.92 Å². The molecular weight excluding hydrogens is 260 g/mol. The summed E-state index contributed by atoms with van der Waals surface area (Å²) in [5.74, 6) is -1.90. The number of carbonyl (C=O) groups is 1. The minimum absolute atomic E-state index is 0.0446. The van der Waals surface area contributed by atoms with E-state index in [1.165, 1.54) is 0 Å². The summed E-state index contributed by atoms with van der Waals surface area (Å²) in [7, 11) is 0. The van der Waals surface area contributed by atoms with E-state index >= 15 is 0 Å². The quantitative estimate of drug-likeness (QED) is 0.693. The first-order chi connectivity index (χ1) is 9.58. The zero-order valence-electron chi connectivity index (χ0n) is 10.5. The first-order valence-electron chi connectivity index (χ1n) is 6.03. The maximum absolute atomic E-state index is 10.9. The van der Waals surface area contributed by atoms with Gasteiger partial charge in [-0.1, -0.05) is 24.3 Å². The van der Waals surface area contributed by atoms with Crippen molar-refractivity contribution in [2.75, 3.05) is 0 Å². The van der Waals surface area contributed by atoms with E-state index in [-0.39, 0.29) is 6.42 Å². The summed E-state index contributed by atoms with van der Waals surface area (Å²) in [6.07, 6.45) is 1.44. The standard InChI is InChI=1S/C14H14N2O4/c17-13(18)11(14(19)20)8-9-2-4-10(5-3-9)12-15-6-1-7-16-12/h1-7,11,13,17-18H,8H2,(H,19,20). The van der Waals surface area contributed by atoms with Crippen molar-refractivity contribution in [3.05, 3.63) is 48.3 Å². The summed E-state index contributed by atoms with van der Waals surface area (Å²) in [6.45, 7) is 0. The van der Waals surface area contributed by atoms with Crippen LogP contribution in [0.4, 0.5) is 0 Å². The molecule has 0 fully saturated rings. The lowest BCUT2D eigenvalue weighted by Gasteiger charge is -2.14. The Morgan fingerprint density at radius 1 is 1.10 bits per heavy atom. The van der Waals surface area contributed by atoms with Crippen LogP contribution < -0.4 is 0 Å². The van der Waals surface area contributed by atoms with Crippen LogP contribution in [0, 0.1) is 5.92 Å². The van der Waals surface area contributed by atoms with Crippen molar-refractivity contribution in [1.82, 2.24) is 9.97 Å². The van der Waals surface area contributed by atoms with Gasteiger partial charge in [-0.3, -0.25) is 4.79 Å². The lowest BCUT2D eigenvalue weighted by Crippen LogP contribution is -2.29. The molecule has 1 heterocycles. The molecule has 1 aromatic carbocycles. The number of nitrogens with zero attached hydrogens (tertiary/aromatic N) is 2. The fourth-order valence-corrected chi connectivity index (χ4v) is 1.81. The average Bonchev–Trinajstić information content (AvgIpc) is 2.45. The van der Waals surface area contributed by atoms with E-state index in [1.807, 2.05) is 0 Å². The molecule has 6 nitrogen and oxygen atoms in total. The van der Waals surface area contributed by atoms with Crippen LogP contribution in [0.15, 0.2) is 42.7 Å². The lowest BCUT2D eigenvalue weighted by molar-refractivity contribution is -0.158. The molecule has 3 N–H and O–H groups in total. The maximum atomic E-state index is 10.9. The molecule has 2 aromatic rings. The molecule has 1 aromatic heterocycles. The van der Waals surface area contributed by atoms with Gasteiger partial charge in [-0.15, -0.1) is 0 Å². The van der Waals surface area contributed by atoms with Gasteiger partial charge in [-0.05, 0) is 18.1 Å². The van der Waals surface area contributed by atoms with Gasteiger partial charge in [0.1, 0.15) is 5.92 Å². The molecule has 6 heteroatoms. The average molecular weight is 274 g/mol. The second-order valence-corrected chi connectivity index (χ2v) is 4.33. The normalized spacial score (nSPS) is 12.3. The maximum Gasteiger partial charge on any atom is 0.312 e. The van der Waals surface area contributed by atoms with Crippen molar-refractivity contribution in [3.8, 4) is 11.4 Å². The molecule has 0 aliphatic heterocycles. The number of aliphatic carboxylic acids is 1. The number of aromatic nitrogens is 2. The summed E-state index contributed by atoms with van der Waals surface area (Å²) in [5.41, 5.74) is 1.51. The molecule has 1 unspecified atom stereocenters. The Balaban J connectivity index is 2.14. The number of benzene rings is 1. The highest BCUT2D eigenvalue weighted by Gasteiger charge is 2.24. The number of hydrogen-bond donors (Lipinski definition) is 3. The van der Waals surface area contributed by atoms with E-state index in [0.29, 0.717) is 11.4 Å². The van der Waals surface area contributed by atoms with Gasteiger partial charge in [-0.25, -0.2) is 9.97 Å². The number of aliphatic hydroxyl groups excluding tert-OH is 1. The van der Waals surface area contributed by atoms with Crippen LogP contribution >= 0.6 is 0 Å². The molecule has 0 saturated heterocycles. The number of aliphatic hydroxyl groups is 2. The van der Waals surface area contributed by atoms with Gasteiger partial charge in [0.25, 0.3) is 0 Å². The monoisotopic (exact) mass is 274 g/mol. The first kappa shape index (κ1) is 14.1. The van der Waals surface area contributed by atoms with Gasteiger partial charge >= 0.3 is 5.97 Å². The second-order valence-electron chi connectivity index (χ2n) is 4.33. The van der Waals surface area contributed by atoms with Gasteiger partial charge in [0.2, 0.25) is 0 Å². The highest BCUT2D eigenvalue weighted by atomic mass is 16.5. The van der Waals surface area contributed by atoms with Crippen LogP contribution in [0.1, 0.15) is 5.56 Å². The SMILES string of the molecule is O=C(O)C(Cc1ccc(-c2ncccn2)cc1)C(O)O. The highest BCUT2D eigenvalue weighted by molar-refractivity contribution is 5.71. The summed E-state index contributed by atoms with van der Waals surface area (Å²) >= 11 is 0. The minimum atomic E-state index is -1.88. The zero-order valence-corrected chi connectivity index (χ0v) is 10.5. The predicted molar refractivity (Wildman–Crippen MR) is 70.5 cm³/mol. The molecular formula is C14H14N2O4. The second kappa shape index (κ2) is 6.23. The molecule has 0 aliphatic rings. The van der Waals surface area contributed by atoms with Crippen molar-refractivity contribution in [1.29, 1.82) is 0 Å². The first-order valence-corrected chi connectivity index (χ1v) is 6.03. The molecule has 1 atom stereocenters. The predicted octanol–water partition coefficient (Wildman–Crippen LogP) is 0.698. The topological polar surface area (TPSA) is 104 Å². The zero-order chi connectivity index (χ0) is 14.5. The van der Waals surface area contributed by atoms with Gasteiger partial charge in [0, 0.05) is 18.0 Å². The Kier molecular flexibility index (Phi) is 4.39. The van der Waals surface area contributed by atoms with Crippen LogP contribution in [0.3, 0.4) is 0 Å². The molecule has 0 saturated carbocycles. The van der Waals surface area contributed by atoms with Gasteiger partial charge in [0.15, 0.2) is 12.1 Å². The molecule has 0 radical (unpaired) electrons. The van der Waals surface area contributed by atoms with Crippen LogP contribution in [-0.4, -0.2) is 37.5 Å². The Morgan fingerprint density at radius 3 is 2.20 bits per heavy atom. The smallest absolute Gasteiger partial charge is 0.312 e. The molecule has 20 heavy (non-hydrogen) atoms. The Labute approximate surface area is 115 Å². The lowest BCUT2D eigenvalue weighted by atomic mass is 9.98. The number of carboxylic acids is 1. The van der Waals surface area contributed by atoms with Crippen LogP contribution in [0.2, 0.25) is 0 Å². The minimum Gasteiger partial charge on any atom is -0.481 e. The summed E-state index contributed by atoms with van der Waals surface area (Å²) in [6, 6.07) is 8.71. The van der Waals surface area contributed by atoms with Gasteiger partial charge < -0.3 is 15.3 Å². The molecule has 0 bridgehead atoms. The number of hydrogen-bond acceptors (Lipinski definition) is 5. The van der Waals surface area contributed by atoms with E-state index in [9.17, 15) is 4.79 Å². The third-order valence-corrected chi connectivity index (χ3v) is 2.91. The molecule has 104 valence electrons. The third-order valence-electron chi connectivity index (χ3n) is 2.91. The molecule has 0 aliphatic carbocycles. The fourth-order valence-electron chi connectivity index (χ4n) is 1.81. The van der Waals surface area contributed by atoms with Crippen LogP contribution in [0.25, 0.3) is 11.4 Å². The summed E-state index contributed by atoms with van der Waals surface area (Å²) in [4.78, 5) is 19.1. The van der Waals surface area contributed by atoms with Crippen molar-refractivity contribution < 1.29 is 20.1 Å². The van der Waals surface area contributed by atoms with Crippen molar-refractivity contribution in [3.63, 3.8) is 0 Å². The summed E-state index contributed by atoms with van der Waals surface area (Å²) in [5, 5.41) is 27.0. The van der Waals surface area contributed by atoms with Crippen LogP contribution in [0.5, 0.6) is 0 Å². The van der Waals surface area contributed by atoms with Gasteiger partial charge in [-0.2, -0.15) is 0 Å². The van der Waals surface area contributed by atoms with Crippen molar-refractivity contribution >= 4 is 5.97 Å².